The Hall–Kier alpha value is -3.03. The van der Waals surface area contributed by atoms with Crippen LogP contribution in [0.1, 0.15) is 11.1 Å². The van der Waals surface area contributed by atoms with Gasteiger partial charge in [0.2, 0.25) is 0 Å². The number of hydrogen-bond acceptors (Lipinski definition) is 2. The van der Waals surface area contributed by atoms with E-state index in [0.29, 0.717) is 22.4 Å². The predicted molar refractivity (Wildman–Crippen MR) is 89.5 cm³/mol. The number of pyridine rings is 1. The van der Waals surface area contributed by atoms with Crippen LogP contribution in [0, 0.1) is 0 Å². The Morgan fingerprint density at radius 3 is 1.52 bits per heavy atom. The van der Waals surface area contributed by atoms with Crippen molar-refractivity contribution in [2.24, 2.45) is 0 Å². The maximum atomic E-state index is 12.6. The van der Waals surface area contributed by atoms with Crippen LogP contribution in [0.3, 0.4) is 0 Å². The number of alkyl halides is 6. The summed E-state index contributed by atoms with van der Waals surface area (Å²) in [4.78, 5) is 4.17. The molecule has 0 saturated heterocycles. The molecule has 0 aliphatic heterocycles. The largest absolute Gasteiger partial charge is 0.416 e. The van der Waals surface area contributed by atoms with E-state index in [1.807, 2.05) is 0 Å². The summed E-state index contributed by atoms with van der Waals surface area (Å²) in [6, 6.07) is 10.4. The Morgan fingerprint density at radius 1 is 0.667 bits per heavy atom. The van der Waals surface area contributed by atoms with E-state index in [4.69, 9.17) is 5.73 Å². The van der Waals surface area contributed by atoms with Gasteiger partial charge in [-0.1, -0.05) is 24.3 Å². The van der Waals surface area contributed by atoms with E-state index >= 15 is 0 Å². The third-order valence-corrected chi connectivity index (χ3v) is 3.97. The van der Waals surface area contributed by atoms with Crippen LogP contribution in [-0.4, -0.2) is 4.98 Å². The zero-order valence-corrected chi connectivity index (χ0v) is 13.6. The molecular weight excluding hydrogens is 370 g/mol. The number of hydrogen-bond donors (Lipinski definition) is 1. The molecule has 0 spiro atoms. The van der Waals surface area contributed by atoms with Crippen molar-refractivity contribution in [2.75, 3.05) is 5.73 Å². The van der Waals surface area contributed by atoms with E-state index < -0.39 is 23.5 Å². The number of rotatable bonds is 2. The lowest BCUT2D eigenvalue weighted by molar-refractivity contribution is -0.138. The van der Waals surface area contributed by atoms with Crippen molar-refractivity contribution < 1.29 is 26.3 Å². The third-order valence-electron chi connectivity index (χ3n) is 3.97. The number of benzene rings is 2. The zero-order valence-electron chi connectivity index (χ0n) is 13.6. The van der Waals surface area contributed by atoms with E-state index in [1.54, 1.807) is 0 Å². The van der Waals surface area contributed by atoms with Gasteiger partial charge in [0.25, 0.3) is 0 Å². The van der Waals surface area contributed by atoms with Crippen LogP contribution < -0.4 is 5.73 Å². The van der Waals surface area contributed by atoms with Gasteiger partial charge < -0.3 is 5.73 Å². The second-order valence-corrected chi connectivity index (χ2v) is 5.81. The average Bonchev–Trinajstić information content (AvgIpc) is 2.60. The minimum absolute atomic E-state index is 0.250. The molecule has 27 heavy (non-hydrogen) atoms. The average molecular weight is 382 g/mol. The molecule has 2 nitrogen and oxygen atoms in total. The Labute approximate surface area is 150 Å². The lowest BCUT2D eigenvalue weighted by Crippen LogP contribution is -2.04. The van der Waals surface area contributed by atoms with Crippen molar-refractivity contribution in [3.8, 4) is 22.4 Å². The number of nitrogens with zero attached hydrogens (tertiary/aromatic N) is 1. The van der Waals surface area contributed by atoms with Crippen LogP contribution in [0.2, 0.25) is 0 Å². The molecule has 1 aromatic heterocycles. The summed E-state index contributed by atoms with van der Waals surface area (Å²) in [5.74, 6) is 0. The van der Waals surface area contributed by atoms with Gasteiger partial charge in [-0.2, -0.15) is 26.3 Å². The maximum Gasteiger partial charge on any atom is 0.416 e. The number of nitrogens with two attached hydrogens (primary N) is 1. The normalized spacial score (nSPS) is 12.2. The highest BCUT2D eigenvalue weighted by atomic mass is 19.4. The van der Waals surface area contributed by atoms with Gasteiger partial charge in [0, 0.05) is 23.0 Å². The minimum Gasteiger partial charge on any atom is -0.398 e. The first kappa shape index (κ1) is 18.8. The summed E-state index contributed by atoms with van der Waals surface area (Å²) in [6.45, 7) is 0. The Kier molecular flexibility index (Phi) is 4.59. The Balaban J connectivity index is 1.90. The molecule has 0 aliphatic carbocycles. The number of aromatic nitrogens is 1. The van der Waals surface area contributed by atoms with E-state index in [1.165, 1.54) is 36.5 Å². The Bertz CT molecular complexity index is 942. The lowest BCUT2D eigenvalue weighted by atomic mass is 10.0. The summed E-state index contributed by atoms with van der Waals surface area (Å²) in [5, 5.41) is 0. The smallest absolute Gasteiger partial charge is 0.398 e. The number of halogens is 6. The van der Waals surface area contributed by atoms with Crippen molar-refractivity contribution in [2.45, 2.75) is 12.4 Å². The molecule has 0 radical (unpaired) electrons. The van der Waals surface area contributed by atoms with Crippen molar-refractivity contribution in [3.63, 3.8) is 0 Å². The van der Waals surface area contributed by atoms with Gasteiger partial charge in [-0.25, -0.2) is 0 Å². The van der Waals surface area contributed by atoms with Crippen molar-refractivity contribution >= 4 is 5.69 Å². The molecular formula is C19H12F6N2. The SMILES string of the molecule is Nc1cc(-c2ccc(C(F)(F)F)cc2)ncc1-c1ccc(C(F)(F)F)cc1. The molecule has 0 atom stereocenters. The van der Waals surface area contributed by atoms with Gasteiger partial charge in [0.1, 0.15) is 0 Å². The molecule has 3 aromatic rings. The summed E-state index contributed by atoms with van der Waals surface area (Å²) < 4.78 is 75.8. The maximum absolute atomic E-state index is 12.6. The molecule has 0 fully saturated rings. The van der Waals surface area contributed by atoms with Crippen molar-refractivity contribution in [3.05, 3.63) is 71.9 Å². The summed E-state index contributed by atoms with van der Waals surface area (Å²) in [6.07, 6.45) is -7.49. The molecule has 1 heterocycles. The Morgan fingerprint density at radius 2 is 1.11 bits per heavy atom. The van der Waals surface area contributed by atoms with Crippen molar-refractivity contribution in [1.29, 1.82) is 0 Å². The van der Waals surface area contributed by atoms with Gasteiger partial charge in [0.05, 0.1) is 16.8 Å². The van der Waals surface area contributed by atoms with Gasteiger partial charge in [-0.3, -0.25) is 4.98 Å². The van der Waals surface area contributed by atoms with Crippen molar-refractivity contribution in [1.82, 2.24) is 4.98 Å². The van der Waals surface area contributed by atoms with Gasteiger partial charge in [-0.05, 0) is 35.9 Å². The molecule has 3 rings (SSSR count). The second kappa shape index (κ2) is 6.61. The quantitative estimate of drug-likeness (QED) is 0.549. The van der Waals surface area contributed by atoms with Crippen LogP contribution in [0.15, 0.2) is 60.8 Å². The highest BCUT2D eigenvalue weighted by Gasteiger charge is 2.30. The fourth-order valence-corrected chi connectivity index (χ4v) is 2.54. The summed E-state index contributed by atoms with van der Waals surface area (Å²) in [5.41, 5.74) is 6.34. The standard InChI is InChI=1S/C19H12F6N2/c20-18(21,22)13-5-1-11(2-6-13)15-10-27-17(9-16(15)26)12-3-7-14(8-4-12)19(23,24)25/h1-10H,(H2,26,27). The van der Waals surface area contributed by atoms with E-state index in [0.717, 1.165) is 24.3 Å². The van der Waals surface area contributed by atoms with E-state index in [-0.39, 0.29) is 5.69 Å². The molecule has 0 aliphatic rings. The van der Waals surface area contributed by atoms with E-state index in [2.05, 4.69) is 4.98 Å². The van der Waals surface area contributed by atoms with Gasteiger partial charge >= 0.3 is 12.4 Å². The van der Waals surface area contributed by atoms with E-state index in [9.17, 15) is 26.3 Å². The van der Waals surface area contributed by atoms with Crippen LogP contribution in [0.4, 0.5) is 32.0 Å². The first-order valence-electron chi connectivity index (χ1n) is 7.66. The van der Waals surface area contributed by atoms with Crippen LogP contribution in [0.25, 0.3) is 22.4 Å². The monoisotopic (exact) mass is 382 g/mol. The first-order valence-corrected chi connectivity index (χ1v) is 7.66. The molecule has 2 aromatic carbocycles. The van der Waals surface area contributed by atoms with Crippen LogP contribution >= 0.6 is 0 Å². The highest BCUT2D eigenvalue weighted by Crippen LogP contribution is 2.34. The first-order chi connectivity index (χ1) is 12.6. The number of anilines is 1. The molecule has 0 unspecified atom stereocenters. The summed E-state index contributed by atoms with van der Waals surface area (Å²) in [7, 11) is 0. The topological polar surface area (TPSA) is 38.9 Å². The molecule has 0 bridgehead atoms. The number of nitrogen functional groups attached to an aromatic ring is 1. The molecule has 8 heteroatoms. The molecule has 140 valence electrons. The predicted octanol–water partition coefficient (Wildman–Crippen LogP) is 6.04. The van der Waals surface area contributed by atoms with Gasteiger partial charge in [0.15, 0.2) is 0 Å². The highest BCUT2D eigenvalue weighted by molar-refractivity contribution is 5.79. The third kappa shape index (κ3) is 4.05. The fourth-order valence-electron chi connectivity index (χ4n) is 2.54. The van der Waals surface area contributed by atoms with Crippen LogP contribution in [0.5, 0.6) is 0 Å². The summed E-state index contributed by atoms with van der Waals surface area (Å²) >= 11 is 0. The minimum atomic E-state index is -4.44. The molecule has 0 amide bonds. The molecule has 0 saturated carbocycles. The van der Waals surface area contributed by atoms with Crippen LogP contribution in [-0.2, 0) is 12.4 Å². The second-order valence-electron chi connectivity index (χ2n) is 5.81. The fraction of sp³-hybridized carbons (Fsp3) is 0.105. The molecule has 2 N–H and O–H groups in total. The van der Waals surface area contributed by atoms with Gasteiger partial charge in [-0.15, -0.1) is 0 Å². The zero-order chi connectivity index (χ0) is 19.8. The lowest BCUT2D eigenvalue weighted by Gasteiger charge is -2.11.